The molecule has 0 aliphatic carbocycles. The van der Waals surface area contributed by atoms with Crippen molar-refractivity contribution in [3.8, 4) is 0 Å². The highest BCUT2D eigenvalue weighted by molar-refractivity contribution is 6.30. The van der Waals surface area contributed by atoms with Gasteiger partial charge in [0.25, 0.3) is 0 Å². The Labute approximate surface area is 264 Å². The van der Waals surface area contributed by atoms with Gasteiger partial charge in [-0.05, 0) is 74.0 Å². The van der Waals surface area contributed by atoms with Crippen molar-refractivity contribution in [3.63, 3.8) is 0 Å². The molecule has 3 aromatic carbocycles. The maximum Gasteiger partial charge on any atom is 0.318 e. The highest BCUT2D eigenvalue weighted by Crippen LogP contribution is 2.35. The van der Waals surface area contributed by atoms with E-state index in [1.807, 2.05) is 77.5 Å². The number of fused-ring (bicyclic) bond motifs is 2. The molecule has 0 saturated carbocycles. The Morgan fingerprint density at radius 1 is 1.00 bits per heavy atom. The van der Waals surface area contributed by atoms with E-state index in [1.54, 1.807) is 0 Å². The summed E-state index contributed by atoms with van der Waals surface area (Å²) in [5.74, 6) is -0.144. The first kappa shape index (κ1) is 30.0. The van der Waals surface area contributed by atoms with Crippen LogP contribution in [0.5, 0.6) is 0 Å². The number of H-pyrrole nitrogens is 1. The number of aromatic amines is 1. The largest absolute Gasteiger partial charge is 0.368 e. The van der Waals surface area contributed by atoms with Gasteiger partial charge in [0.15, 0.2) is 0 Å². The van der Waals surface area contributed by atoms with Crippen LogP contribution in [-0.2, 0) is 11.2 Å². The molecule has 1 fully saturated rings. The fraction of sp³-hybridized carbons (Fsp3) is 0.371. The molecule has 9 heteroatoms. The van der Waals surface area contributed by atoms with Crippen molar-refractivity contribution in [3.05, 3.63) is 95.1 Å². The second-order valence-corrected chi connectivity index (χ2v) is 12.8. The van der Waals surface area contributed by atoms with Crippen LogP contribution in [0.4, 0.5) is 16.2 Å². The van der Waals surface area contributed by atoms with Crippen LogP contribution in [0, 0.1) is 5.92 Å². The number of piperazine rings is 1. The van der Waals surface area contributed by atoms with Crippen molar-refractivity contribution >= 4 is 45.8 Å². The molecule has 2 unspecified atom stereocenters. The van der Waals surface area contributed by atoms with E-state index >= 15 is 0 Å². The van der Waals surface area contributed by atoms with Crippen LogP contribution in [0.1, 0.15) is 24.0 Å². The summed E-state index contributed by atoms with van der Waals surface area (Å²) in [5.41, 5.74) is 5.10. The number of benzene rings is 3. The van der Waals surface area contributed by atoms with Crippen molar-refractivity contribution < 1.29 is 9.59 Å². The number of aromatic nitrogens is 1. The minimum atomic E-state index is -0.768. The second-order valence-electron chi connectivity index (χ2n) is 12.4. The number of urea groups is 1. The van der Waals surface area contributed by atoms with Gasteiger partial charge < -0.3 is 29.9 Å². The molecule has 2 aliphatic rings. The highest BCUT2D eigenvalue weighted by atomic mass is 35.5. The number of nitrogens with zero attached hydrogens (tertiary/aromatic N) is 4. The molecule has 0 bridgehead atoms. The van der Waals surface area contributed by atoms with E-state index in [9.17, 15) is 9.59 Å². The van der Waals surface area contributed by atoms with Crippen LogP contribution in [0.3, 0.4) is 0 Å². The van der Waals surface area contributed by atoms with Gasteiger partial charge in [0.2, 0.25) is 5.91 Å². The molecule has 1 saturated heterocycles. The fourth-order valence-electron chi connectivity index (χ4n) is 6.81. The Hall–Kier alpha value is -4.01. The number of anilines is 2. The smallest absolute Gasteiger partial charge is 0.318 e. The predicted molar refractivity (Wildman–Crippen MR) is 179 cm³/mol. The number of hydrogen-bond donors (Lipinski definition) is 2. The molecular weight excluding hydrogens is 572 g/mol. The third-order valence-electron chi connectivity index (χ3n) is 9.02. The number of carbonyl (C=O) groups excluding carboxylic acids is 2. The van der Waals surface area contributed by atoms with Gasteiger partial charge in [-0.15, -0.1) is 0 Å². The van der Waals surface area contributed by atoms with E-state index in [4.69, 9.17) is 11.6 Å². The van der Waals surface area contributed by atoms with E-state index in [1.165, 1.54) is 0 Å². The molecule has 2 N–H and O–H groups in total. The summed E-state index contributed by atoms with van der Waals surface area (Å²) in [6.07, 6.45) is 2.82. The summed E-state index contributed by atoms with van der Waals surface area (Å²) in [7, 11) is 4.11. The third kappa shape index (κ3) is 6.28. The lowest BCUT2D eigenvalue weighted by Gasteiger charge is -2.40. The molecule has 3 amide bonds. The molecule has 230 valence electrons. The average Bonchev–Trinajstić information content (AvgIpc) is 3.47. The lowest BCUT2D eigenvalue weighted by molar-refractivity contribution is -0.121. The second kappa shape index (κ2) is 12.9. The zero-order valence-corrected chi connectivity index (χ0v) is 26.4. The minimum absolute atomic E-state index is 0.105. The number of halogens is 1. The van der Waals surface area contributed by atoms with E-state index in [-0.39, 0.29) is 23.8 Å². The standard InChI is InChI=1S/C35H41ClN6O2/c1-24(30-21-37-31-12-8-7-11-29(30)31)33(38-35(44)41-17-15-40(16-18-41)28-9-5-4-6-10-28)34(43)42-23-25(22-39(2)3)19-26-20-27(36)13-14-32(26)42/h4-14,20-21,24-25,33,37H,15-19,22-23H2,1-3H3,(H,38,44)/t24?,25-,33?/m1/s1. The Morgan fingerprint density at radius 3 is 2.48 bits per heavy atom. The molecule has 3 heterocycles. The number of hydrogen-bond acceptors (Lipinski definition) is 4. The van der Waals surface area contributed by atoms with Gasteiger partial charge in [-0.2, -0.15) is 0 Å². The summed E-state index contributed by atoms with van der Waals surface area (Å²) in [4.78, 5) is 40.1. The molecule has 8 nitrogen and oxygen atoms in total. The molecule has 4 aromatic rings. The molecule has 2 aliphatic heterocycles. The minimum Gasteiger partial charge on any atom is -0.368 e. The number of para-hydroxylation sites is 2. The van der Waals surface area contributed by atoms with E-state index in [0.29, 0.717) is 24.7 Å². The molecule has 3 atom stereocenters. The topological polar surface area (TPSA) is 74.9 Å². The van der Waals surface area contributed by atoms with Crippen LogP contribution in [0.15, 0.2) is 79.0 Å². The van der Waals surface area contributed by atoms with Crippen LogP contribution in [-0.4, -0.2) is 86.1 Å². The van der Waals surface area contributed by atoms with Gasteiger partial charge in [-0.1, -0.05) is 54.9 Å². The summed E-state index contributed by atoms with van der Waals surface area (Å²) in [6.45, 7) is 6.10. The Kier molecular flexibility index (Phi) is 8.82. The highest BCUT2D eigenvalue weighted by Gasteiger charge is 2.38. The predicted octanol–water partition coefficient (Wildman–Crippen LogP) is 5.59. The molecular formula is C35H41ClN6O2. The Bertz CT molecular complexity index is 1610. The first-order valence-electron chi connectivity index (χ1n) is 15.4. The van der Waals surface area contributed by atoms with Crippen molar-refractivity contribution in [2.24, 2.45) is 5.92 Å². The van der Waals surface area contributed by atoms with Crippen molar-refractivity contribution in [2.45, 2.75) is 25.3 Å². The number of carbonyl (C=O) groups is 2. The number of rotatable bonds is 7. The van der Waals surface area contributed by atoms with Crippen molar-refractivity contribution in [1.82, 2.24) is 20.1 Å². The van der Waals surface area contributed by atoms with Crippen LogP contribution in [0.2, 0.25) is 5.02 Å². The quantitative estimate of drug-likeness (QED) is 0.285. The first-order valence-corrected chi connectivity index (χ1v) is 15.8. The lowest BCUT2D eigenvalue weighted by Crippen LogP contribution is -2.58. The normalized spacial score (nSPS) is 18.3. The SMILES string of the molecule is CC(c1c[nH]c2ccccc12)C(NC(=O)N1CCN(c2ccccc2)CC1)C(=O)N1C[C@@H](CN(C)C)Cc2cc(Cl)ccc21. The van der Waals surface area contributed by atoms with Gasteiger partial charge in [0.1, 0.15) is 6.04 Å². The number of nitrogens with one attached hydrogen (secondary N) is 2. The van der Waals surface area contributed by atoms with Gasteiger partial charge in [0, 0.05) is 78.7 Å². The summed E-state index contributed by atoms with van der Waals surface area (Å²) >= 11 is 6.41. The fourth-order valence-corrected chi connectivity index (χ4v) is 7.00. The van der Waals surface area contributed by atoms with E-state index in [2.05, 4.69) is 52.4 Å². The van der Waals surface area contributed by atoms with Gasteiger partial charge >= 0.3 is 6.03 Å². The monoisotopic (exact) mass is 612 g/mol. The number of amides is 3. The average molecular weight is 613 g/mol. The van der Waals surface area contributed by atoms with E-state index in [0.717, 1.165) is 59.5 Å². The molecule has 0 spiro atoms. The molecule has 1 aromatic heterocycles. The van der Waals surface area contributed by atoms with Gasteiger partial charge in [0.05, 0.1) is 0 Å². The first-order chi connectivity index (χ1) is 21.3. The van der Waals surface area contributed by atoms with Crippen molar-refractivity contribution in [1.29, 1.82) is 0 Å². The van der Waals surface area contributed by atoms with E-state index < -0.39 is 6.04 Å². The zero-order chi connectivity index (χ0) is 30.8. The molecule has 44 heavy (non-hydrogen) atoms. The lowest BCUT2D eigenvalue weighted by atomic mass is 9.88. The summed E-state index contributed by atoms with van der Waals surface area (Å²) in [6, 6.07) is 23.2. The van der Waals surface area contributed by atoms with Crippen LogP contribution >= 0.6 is 11.6 Å². The molecule has 0 radical (unpaired) electrons. The van der Waals surface area contributed by atoms with Gasteiger partial charge in [-0.25, -0.2) is 4.79 Å². The Balaban J connectivity index is 1.29. The maximum absolute atomic E-state index is 14.7. The van der Waals surface area contributed by atoms with Crippen LogP contribution < -0.4 is 15.1 Å². The summed E-state index contributed by atoms with van der Waals surface area (Å²) < 4.78 is 0. The van der Waals surface area contributed by atoms with Crippen molar-refractivity contribution in [2.75, 3.05) is 63.2 Å². The van der Waals surface area contributed by atoms with Gasteiger partial charge in [-0.3, -0.25) is 4.79 Å². The molecule has 6 rings (SSSR count). The maximum atomic E-state index is 14.7. The summed E-state index contributed by atoms with van der Waals surface area (Å²) in [5, 5.41) is 4.93. The zero-order valence-electron chi connectivity index (χ0n) is 25.7. The Morgan fingerprint density at radius 2 is 1.73 bits per heavy atom. The van der Waals surface area contributed by atoms with Crippen LogP contribution in [0.25, 0.3) is 10.9 Å². The third-order valence-corrected chi connectivity index (χ3v) is 9.25.